The van der Waals surface area contributed by atoms with E-state index in [4.69, 9.17) is 10.5 Å². The number of rotatable bonds is 2. The zero-order chi connectivity index (χ0) is 11.1. The fourth-order valence-corrected chi connectivity index (χ4v) is 2.00. The Bertz CT molecular complexity index is 366. The van der Waals surface area contributed by atoms with E-state index in [1.165, 1.54) is 6.07 Å². The summed E-state index contributed by atoms with van der Waals surface area (Å²) in [7, 11) is 0. The Hall–Kier alpha value is -0.930. The molecule has 3 heteroatoms. The van der Waals surface area contributed by atoms with E-state index < -0.39 is 5.54 Å². The van der Waals surface area contributed by atoms with Crippen LogP contribution in [-0.4, -0.2) is 18.8 Å². The molecule has 0 unspecified atom stereocenters. The zero-order valence-electron chi connectivity index (χ0n) is 9.09. The zero-order valence-corrected chi connectivity index (χ0v) is 9.09. The molecule has 1 saturated heterocycles. The van der Waals surface area contributed by atoms with Crippen LogP contribution in [0.15, 0.2) is 24.3 Å². The standard InChI is InChI=1S/C12H16FNO/c1-11(2,14)12(7-15-8-12)9-4-3-5-10(13)6-9/h3-6H,7-8,14H2,1-2H3. The minimum absolute atomic E-state index is 0.219. The number of hydrogen-bond donors (Lipinski definition) is 1. The lowest BCUT2D eigenvalue weighted by molar-refractivity contribution is -0.0919. The molecule has 0 bridgehead atoms. The maximum atomic E-state index is 13.2. The van der Waals surface area contributed by atoms with E-state index >= 15 is 0 Å². The summed E-state index contributed by atoms with van der Waals surface area (Å²) in [5.74, 6) is -0.219. The third-order valence-corrected chi connectivity index (χ3v) is 3.31. The molecule has 1 aromatic rings. The van der Waals surface area contributed by atoms with Gasteiger partial charge in [-0.1, -0.05) is 12.1 Å². The minimum atomic E-state index is -0.404. The Labute approximate surface area is 89.2 Å². The van der Waals surface area contributed by atoms with Crippen LogP contribution >= 0.6 is 0 Å². The Morgan fingerprint density at radius 1 is 1.40 bits per heavy atom. The summed E-state index contributed by atoms with van der Waals surface area (Å²) in [6.07, 6.45) is 0. The smallest absolute Gasteiger partial charge is 0.123 e. The first-order chi connectivity index (χ1) is 6.96. The molecule has 0 spiro atoms. The van der Waals surface area contributed by atoms with Gasteiger partial charge in [-0.2, -0.15) is 0 Å². The summed E-state index contributed by atoms with van der Waals surface area (Å²) in [4.78, 5) is 0. The van der Waals surface area contributed by atoms with Crippen molar-refractivity contribution < 1.29 is 9.13 Å². The van der Waals surface area contributed by atoms with Crippen molar-refractivity contribution in [1.82, 2.24) is 0 Å². The van der Waals surface area contributed by atoms with Crippen molar-refractivity contribution >= 4 is 0 Å². The molecule has 0 amide bonds. The predicted molar refractivity (Wildman–Crippen MR) is 57.2 cm³/mol. The van der Waals surface area contributed by atoms with Gasteiger partial charge in [0.2, 0.25) is 0 Å². The van der Waals surface area contributed by atoms with Crippen LogP contribution in [0.5, 0.6) is 0 Å². The summed E-state index contributed by atoms with van der Waals surface area (Å²) in [6, 6.07) is 6.63. The molecule has 0 aliphatic carbocycles. The third-order valence-electron chi connectivity index (χ3n) is 3.31. The number of halogens is 1. The van der Waals surface area contributed by atoms with E-state index in [2.05, 4.69) is 0 Å². The van der Waals surface area contributed by atoms with Crippen molar-refractivity contribution in [2.24, 2.45) is 5.73 Å². The molecule has 2 rings (SSSR count). The highest BCUT2D eigenvalue weighted by Crippen LogP contribution is 2.40. The minimum Gasteiger partial charge on any atom is -0.379 e. The van der Waals surface area contributed by atoms with Gasteiger partial charge in [-0.3, -0.25) is 0 Å². The van der Waals surface area contributed by atoms with Crippen molar-refractivity contribution in [2.75, 3.05) is 13.2 Å². The molecule has 1 aliphatic heterocycles. The average molecular weight is 209 g/mol. The molecule has 0 saturated carbocycles. The fraction of sp³-hybridized carbons (Fsp3) is 0.500. The number of benzene rings is 1. The normalized spacial score (nSPS) is 19.7. The van der Waals surface area contributed by atoms with Crippen LogP contribution in [0.25, 0.3) is 0 Å². The lowest BCUT2D eigenvalue weighted by atomic mass is 9.66. The van der Waals surface area contributed by atoms with Gasteiger partial charge in [-0.05, 0) is 31.5 Å². The monoisotopic (exact) mass is 209 g/mol. The van der Waals surface area contributed by atoms with Gasteiger partial charge in [0.15, 0.2) is 0 Å². The van der Waals surface area contributed by atoms with Gasteiger partial charge < -0.3 is 10.5 Å². The lowest BCUT2D eigenvalue weighted by Gasteiger charge is -2.51. The van der Waals surface area contributed by atoms with Gasteiger partial charge in [-0.15, -0.1) is 0 Å². The van der Waals surface area contributed by atoms with Crippen molar-refractivity contribution in [3.05, 3.63) is 35.6 Å². The molecule has 2 nitrogen and oxygen atoms in total. The first kappa shape index (κ1) is 10.6. The van der Waals surface area contributed by atoms with E-state index in [9.17, 15) is 4.39 Å². The maximum absolute atomic E-state index is 13.2. The highest BCUT2D eigenvalue weighted by atomic mass is 19.1. The van der Waals surface area contributed by atoms with Crippen molar-refractivity contribution in [3.8, 4) is 0 Å². The van der Waals surface area contributed by atoms with Crippen molar-refractivity contribution in [1.29, 1.82) is 0 Å². The Kier molecular flexibility index (Phi) is 2.32. The van der Waals surface area contributed by atoms with Gasteiger partial charge in [0.25, 0.3) is 0 Å². The topological polar surface area (TPSA) is 35.2 Å². The molecular formula is C12H16FNO. The number of nitrogens with two attached hydrogens (primary N) is 1. The second-order valence-electron chi connectivity index (χ2n) is 4.81. The SMILES string of the molecule is CC(C)(N)C1(c2cccc(F)c2)COC1. The van der Waals surface area contributed by atoms with Crippen LogP contribution in [0.2, 0.25) is 0 Å². The van der Waals surface area contributed by atoms with Gasteiger partial charge in [0.05, 0.1) is 18.6 Å². The van der Waals surface area contributed by atoms with Crippen LogP contribution < -0.4 is 5.73 Å². The Morgan fingerprint density at radius 2 is 2.07 bits per heavy atom. The van der Waals surface area contributed by atoms with Gasteiger partial charge in [0.1, 0.15) is 5.82 Å². The summed E-state index contributed by atoms with van der Waals surface area (Å²) in [5, 5.41) is 0. The Morgan fingerprint density at radius 3 is 2.47 bits per heavy atom. The van der Waals surface area contributed by atoms with Crippen LogP contribution in [-0.2, 0) is 10.2 Å². The third kappa shape index (κ3) is 1.56. The molecule has 1 aromatic carbocycles. The maximum Gasteiger partial charge on any atom is 0.123 e. The number of ether oxygens (including phenoxy) is 1. The molecule has 1 aliphatic rings. The van der Waals surface area contributed by atoms with Gasteiger partial charge >= 0.3 is 0 Å². The van der Waals surface area contributed by atoms with Gasteiger partial charge in [0, 0.05) is 5.54 Å². The molecule has 0 atom stereocenters. The van der Waals surface area contributed by atoms with E-state index in [0.717, 1.165) is 5.56 Å². The first-order valence-corrected chi connectivity index (χ1v) is 5.08. The van der Waals surface area contributed by atoms with E-state index in [1.54, 1.807) is 12.1 Å². The first-order valence-electron chi connectivity index (χ1n) is 5.08. The highest BCUT2D eigenvalue weighted by molar-refractivity contribution is 5.33. The molecular weight excluding hydrogens is 193 g/mol. The van der Waals surface area contributed by atoms with Crippen LogP contribution in [0.3, 0.4) is 0 Å². The largest absolute Gasteiger partial charge is 0.379 e. The molecule has 0 aromatic heterocycles. The highest BCUT2D eigenvalue weighted by Gasteiger charge is 2.50. The summed E-state index contributed by atoms with van der Waals surface area (Å²) in [6.45, 7) is 5.06. The van der Waals surface area contributed by atoms with Crippen molar-refractivity contribution in [3.63, 3.8) is 0 Å². The van der Waals surface area contributed by atoms with E-state index in [0.29, 0.717) is 13.2 Å². The predicted octanol–water partition coefficient (Wildman–Crippen LogP) is 1.83. The molecule has 15 heavy (non-hydrogen) atoms. The fourth-order valence-electron chi connectivity index (χ4n) is 2.00. The van der Waals surface area contributed by atoms with E-state index in [-0.39, 0.29) is 11.2 Å². The second-order valence-corrected chi connectivity index (χ2v) is 4.81. The Balaban J connectivity index is 2.43. The summed E-state index contributed by atoms with van der Waals surface area (Å²) in [5.41, 5.74) is 6.44. The summed E-state index contributed by atoms with van der Waals surface area (Å²) < 4.78 is 18.4. The lowest BCUT2D eigenvalue weighted by Crippen LogP contribution is -2.64. The second kappa shape index (κ2) is 3.29. The molecule has 1 fully saturated rings. The van der Waals surface area contributed by atoms with Crippen LogP contribution in [0.4, 0.5) is 4.39 Å². The molecule has 82 valence electrons. The van der Waals surface area contributed by atoms with Crippen molar-refractivity contribution in [2.45, 2.75) is 24.8 Å². The van der Waals surface area contributed by atoms with Gasteiger partial charge in [-0.25, -0.2) is 4.39 Å². The number of hydrogen-bond acceptors (Lipinski definition) is 2. The molecule has 2 N–H and O–H groups in total. The van der Waals surface area contributed by atoms with E-state index in [1.807, 2.05) is 19.9 Å². The van der Waals surface area contributed by atoms with Crippen LogP contribution in [0, 0.1) is 5.82 Å². The molecule has 0 radical (unpaired) electrons. The van der Waals surface area contributed by atoms with Crippen LogP contribution in [0.1, 0.15) is 19.4 Å². The quantitative estimate of drug-likeness (QED) is 0.806. The average Bonchev–Trinajstić information content (AvgIpc) is 1.98. The summed E-state index contributed by atoms with van der Waals surface area (Å²) >= 11 is 0. The molecule has 1 heterocycles.